The fraction of sp³-hybridized carbons (Fsp3) is 0.560. The van der Waals surface area contributed by atoms with E-state index in [0.29, 0.717) is 29.3 Å². The molecule has 1 aromatic carbocycles. The van der Waals surface area contributed by atoms with Crippen LogP contribution >= 0.6 is 15.9 Å². The highest BCUT2D eigenvalue weighted by Crippen LogP contribution is 2.42. The Morgan fingerprint density at radius 1 is 1.15 bits per heavy atom. The molecular formula is C25H31BrN6O2. The Bertz CT molecular complexity index is 1150. The van der Waals surface area contributed by atoms with Crippen molar-refractivity contribution in [1.82, 2.24) is 14.5 Å². The molecular weight excluding hydrogens is 496 g/mol. The molecule has 2 atom stereocenters. The van der Waals surface area contributed by atoms with E-state index >= 15 is 0 Å². The standard InChI is InChI=1S/C25H31BrN6O2/c1-2-30-23(34)21-22(32-19-10-6-9-18(19)28-25(30)32)29-24(27-16-7-4-3-5-8-16)31(21)14-15-11-12-20(33)17(26)13-15/h11-13,16,18-19,33H,2-10,14H2,1H3,(H,27,29). The number of nitrogens with zero attached hydrogens (tertiary/aromatic N) is 5. The number of carbonyl (C=O) groups is 1. The van der Waals surface area contributed by atoms with Crippen molar-refractivity contribution < 1.29 is 9.90 Å². The van der Waals surface area contributed by atoms with Crippen molar-refractivity contribution in [2.24, 2.45) is 4.99 Å². The van der Waals surface area contributed by atoms with E-state index in [1.54, 1.807) is 6.07 Å². The average molecular weight is 527 g/mol. The summed E-state index contributed by atoms with van der Waals surface area (Å²) >= 11 is 3.43. The van der Waals surface area contributed by atoms with Crippen molar-refractivity contribution >= 4 is 39.6 Å². The van der Waals surface area contributed by atoms with Crippen molar-refractivity contribution in [3.05, 3.63) is 33.9 Å². The zero-order valence-corrected chi connectivity index (χ0v) is 21.1. The number of imidazole rings is 1. The van der Waals surface area contributed by atoms with Gasteiger partial charge >= 0.3 is 0 Å². The number of fused-ring (bicyclic) bond motifs is 5. The van der Waals surface area contributed by atoms with Crippen molar-refractivity contribution in [3.63, 3.8) is 0 Å². The van der Waals surface area contributed by atoms with Gasteiger partial charge in [0.15, 0.2) is 11.5 Å². The third-order valence-electron chi connectivity index (χ3n) is 7.75. The summed E-state index contributed by atoms with van der Waals surface area (Å²) in [5.41, 5.74) is 1.63. The number of aromatic hydroxyl groups is 1. The monoisotopic (exact) mass is 526 g/mol. The van der Waals surface area contributed by atoms with Gasteiger partial charge in [-0.25, -0.2) is 4.99 Å². The summed E-state index contributed by atoms with van der Waals surface area (Å²) in [4.78, 5) is 28.0. The summed E-state index contributed by atoms with van der Waals surface area (Å²) in [5, 5.41) is 13.7. The van der Waals surface area contributed by atoms with Crippen LogP contribution in [0.4, 0.5) is 11.8 Å². The minimum Gasteiger partial charge on any atom is -0.507 e. The van der Waals surface area contributed by atoms with Crippen LogP contribution in [0.3, 0.4) is 0 Å². The zero-order chi connectivity index (χ0) is 23.4. The van der Waals surface area contributed by atoms with Gasteiger partial charge < -0.3 is 10.4 Å². The minimum atomic E-state index is -0.0329. The highest BCUT2D eigenvalue weighted by molar-refractivity contribution is 9.10. The number of guanidine groups is 1. The molecule has 2 aromatic rings. The van der Waals surface area contributed by atoms with Crippen LogP contribution in [0.2, 0.25) is 0 Å². The van der Waals surface area contributed by atoms with Gasteiger partial charge in [-0.1, -0.05) is 25.3 Å². The molecule has 0 saturated heterocycles. The van der Waals surface area contributed by atoms with Gasteiger partial charge in [0, 0.05) is 12.6 Å². The first kappa shape index (κ1) is 21.9. The molecule has 2 saturated carbocycles. The molecule has 1 aromatic heterocycles. The van der Waals surface area contributed by atoms with Crippen LogP contribution in [0.5, 0.6) is 5.75 Å². The van der Waals surface area contributed by atoms with Crippen LogP contribution < -0.4 is 10.2 Å². The maximum absolute atomic E-state index is 13.8. The SMILES string of the molecule is CCN1C(=O)c2c(nc(NC3CCCCC3)n2Cc2ccc(O)c(Br)c2)N2C1=NC1CCCC12. The second-order valence-corrected chi connectivity index (χ2v) is 10.7. The lowest BCUT2D eigenvalue weighted by atomic mass is 9.96. The van der Waals surface area contributed by atoms with Crippen LogP contribution in [-0.4, -0.2) is 56.1 Å². The number of amides is 1. The van der Waals surface area contributed by atoms with Gasteiger partial charge in [0.05, 0.1) is 23.1 Å². The molecule has 3 heterocycles. The molecule has 2 N–H and O–H groups in total. The van der Waals surface area contributed by atoms with Gasteiger partial charge in [-0.15, -0.1) is 0 Å². The third kappa shape index (κ3) is 3.51. The Morgan fingerprint density at radius 2 is 1.97 bits per heavy atom. The zero-order valence-electron chi connectivity index (χ0n) is 19.5. The molecule has 0 spiro atoms. The number of benzene rings is 1. The summed E-state index contributed by atoms with van der Waals surface area (Å²) in [6.07, 6.45) is 9.28. The van der Waals surface area contributed by atoms with Crippen LogP contribution in [0, 0.1) is 0 Å². The first-order valence-electron chi connectivity index (χ1n) is 12.6. The molecule has 8 nitrogen and oxygen atoms in total. The lowest BCUT2D eigenvalue weighted by Gasteiger charge is -2.35. The fourth-order valence-corrected chi connectivity index (χ4v) is 6.46. The summed E-state index contributed by atoms with van der Waals surface area (Å²) in [6.45, 7) is 3.08. The smallest absolute Gasteiger partial charge is 0.281 e. The van der Waals surface area contributed by atoms with Gasteiger partial charge in [-0.3, -0.25) is 19.2 Å². The number of phenols is 1. The minimum absolute atomic E-state index is 0.0329. The number of anilines is 2. The predicted molar refractivity (Wildman–Crippen MR) is 136 cm³/mol. The van der Waals surface area contributed by atoms with E-state index < -0.39 is 0 Å². The van der Waals surface area contributed by atoms with E-state index in [-0.39, 0.29) is 23.7 Å². The molecule has 2 fully saturated rings. The quantitative estimate of drug-likeness (QED) is 0.588. The van der Waals surface area contributed by atoms with E-state index in [0.717, 1.165) is 55.4 Å². The maximum atomic E-state index is 13.8. The topological polar surface area (TPSA) is 86.0 Å². The Hall–Kier alpha value is -2.55. The number of nitrogens with one attached hydrogen (secondary N) is 1. The maximum Gasteiger partial charge on any atom is 0.281 e. The molecule has 6 rings (SSSR count). The molecule has 9 heteroatoms. The number of halogens is 1. The number of phenolic OH excluding ortho intramolecular Hbond substituents is 1. The first-order chi connectivity index (χ1) is 16.5. The molecule has 0 radical (unpaired) electrons. The summed E-state index contributed by atoms with van der Waals surface area (Å²) in [5.74, 6) is 2.45. The highest BCUT2D eigenvalue weighted by Gasteiger charge is 2.49. The summed E-state index contributed by atoms with van der Waals surface area (Å²) in [7, 11) is 0. The Morgan fingerprint density at radius 3 is 2.74 bits per heavy atom. The highest BCUT2D eigenvalue weighted by atomic mass is 79.9. The molecule has 2 aliphatic heterocycles. The average Bonchev–Trinajstić information content (AvgIpc) is 3.51. The predicted octanol–water partition coefficient (Wildman–Crippen LogP) is 4.72. The summed E-state index contributed by atoms with van der Waals surface area (Å²) < 4.78 is 2.69. The van der Waals surface area contributed by atoms with Crippen molar-refractivity contribution in [2.45, 2.75) is 83.0 Å². The number of aromatic nitrogens is 2. The van der Waals surface area contributed by atoms with Gasteiger partial charge in [0.25, 0.3) is 5.91 Å². The molecule has 4 aliphatic rings. The van der Waals surface area contributed by atoms with Crippen LogP contribution in [-0.2, 0) is 6.54 Å². The summed E-state index contributed by atoms with van der Waals surface area (Å²) in [6, 6.07) is 6.39. The van der Waals surface area contributed by atoms with Gasteiger partial charge in [-0.05, 0) is 72.7 Å². The Labute approximate surface area is 208 Å². The lowest BCUT2D eigenvalue weighted by Crippen LogP contribution is -2.53. The van der Waals surface area contributed by atoms with E-state index in [2.05, 4.69) is 26.1 Å². The Balaban J connectivity index is 1.46. The second-order valence-electron chi connectivity index (χ2n) is 9.87. The number of carbonyl (C=O) groups excluding carboxylic acids is 1. The second kappa shape index (κ2) is 8.59. The van der Waals surface area contributed by atoms with Crippen LogP contribution in [0.1, 0.15) is 74.3 Å². The molecule has 1 amide bonds. The first-order valence-corrected chi connectivity index (χ1v) is 13.4. The van der Waals surface area contributed by atoms with Crippen molar-refractivity contribution in [3.8, 4) is 5.75 Å². The van der Waals surface area contributed by atoms with Crippen molar-refractivity contribution in [2.75, 3.05) is 16.8 Å². The molecule has 34 heavy (non-hydrogen) atoms. The normalized spacial score (nSPS) is 24.2. The van der Waals surface area contributed by atoms with E-state index in [4.69, 9.17) is 9.98 Å². The van der Waals surface area contributed by atoms with E-state index in [9.17, 15) is 9.90 Å². The number of aliphatic imine (C=N–C) groups is 1. The van der Waals surface area contributed by atoms with E-state index in [1.807, 2.05) is 28.5 Å². The Kier molecular flexibility index (Phi) is 5.54. The van der Waals surface area contributed by atoms with Gasteiger partial charge in [-0.2, -0.15) is 4.98 Å². The molecule has 180 valence electrons. The van der Waals surface area contributed by atoms with Crippen LogP contribution in [0.25, 0.3) is 0 Å². The van der Waals surface area contributed by atoms with Crippen LogP contribution in [0.15, 0.2) is 27.7 Å². The lowest BCUT2D eigenvalue weighted by molar-refractivity contribution is 0.0836. The number of rotatable bonds is 5. The fourth-order valence-electron chi connectivity index (χ4n) is 6.03. The van der Waals surface area contributed by atoms with Gasteiger partial charge in [0.2, 0.25) is 11.9 Å². The largest absolute Gasteiger partial charge is 0.507 e. The number of hydrogen-bond acceptors (Lipinski definition) is 6. The number of hydrogen-bond donors (Lipinski definition) is 2. The molecule has 2 aliphatic carbocycles. The third-order valence-corrected chi connectivity index (χ3v) is 8.38. The molecule has 0 bridgehead atoms. The van der Waals surface area contributed by atoms with Crippen molar-refractivity contribution in [1.29, 1.82) is 0 Å². The van der Waals surface area contributed by atoms with Gasteiger partial charge in [0.1, 0.15) is 5.75 Å². The van der Waals surface area contributed by atoms with E-state index in [1.165, 1.54) is 19.3 Å². The molecule has 2 unspecified atom stereocenters.